The summed E-state index contributed by atoms with van der Waals surface area (Å²) >= 11 is 0. The number of hydrogen-bond acceptors (Lipinski definition) is 4. The number of pyridine rings is 1. The van der Waals surface area contributed by atoms with Gasteiger partial charge in [0.05, 0.1) is 17.4 Å². The largest absolute Gasteiger partial charge is 0.368 e. The summed E-state index contributed by atoms with van der Waals surface area (Å²) in [5.41, 5.74) is 1.42. The van der Waals surface area contributed by atoms with Crippen molar-refractivity contribution in [3.63, 3.8) is 0 Å². The molecule has 0 spiro atoms. The van der Waals surface area contributed by atoms with Crippen molar-refractivity contribution in [2.45, 2.75) is 6.42 Å². The van der Waals surface area contributed by atoms with Crippen molar-refractivity contribution >= 4 is 11.6 Å². The van der Waals surface area contributed by atoms with E-state index in [9.17, 15) is 9.18 Å². The van der Waals surface area contributed by atoms with E-state index in [0.29, 0.717) is 25.3 Å². The van der Waals surface area contributed by atoms with Gasteiger partial charge in [-0.2, -0.15) is 5.26 Å². The van der Waals surface area contributed by atoms with Crippen LogP contribution in [0.25, 0.3) is 0 Å². The number of rotatable bonds is 2. The van der Waals surface area contributed by atoms with Crippen LogP contribution in [0.5, 0.6) is 0 Å². The van der Waals surface area contributed by atoms with Gasteiger partial charge in [0, 0.05) is 26.2 Å². The molecule has 0 saturated carbocycles. The number of carbonyl (C=O) groups is 1. The second kappa shape index (κ2) is 7.09. The fraction of sp³-hybridized carbons (Fsp3) is 0.278. The third-order valence-electron chi connectivity index (χ3n) is 4.11. The van der Waals surface area contributed by atoms with Gasteiger partial charge in [0.1, 0.15) is 17.6 Å². The molecule has 1 aliphatic heterocycles. The van der Waals surface area contributed by atoms with Crippen molar-refractivity contribution in [1.29, 1.82) is 5.26 Å². The van der Waals surface area contributed by atoms with Gasteiger partial charge >= 0.3 is 0 Å². The van der Waals surface area contributed by atoms with Crippen LogP contribution in [0.3, 0.4) is 0 Å². The van der Waals surface area contributed by atoms with Crippen LogP contribution < -0.4 is 4.90 Å². The van der Waals surface area contributed by atoms with E-state index in [1.807, 2.05) is 12.1 Å². The normalized spacial score (nSPS) is 14.8. The number of hydrogen-bond donors (Lipinski definition) is 0. The van der Waals surface area contributed by atoms with E-state index in [4.69, 9.17) is 5.26 Å². The van der Waals surface area contributed by atoms with Crippen LogP contribution in [0.1, 0.15) is 22.5 Å². The molecule has 1 amide bonds. The minimum Gasteiger partial charge on any atom is -0.368 e. The molecule has 0 aliphatic carbocycles. The lowest BCUT2D eigenvalue weighted by Crippen LogP contribution is -2.35. The first-order valence-corrected chi connectivity index (χ1v) is 7.84. The molecule has 24 heavy (non-hydrogen) atoms. The number of aromatic nitrogens is 1. The summed E-state index contributed by atoms with van der Waals surface area (Å²) in [6.45, 7) is 2.54. The standard InChI is InChI=1S/C18H17FN4O/c19-17-5-2-1-4-16(17)18(24)23-9-3-8-22(10-11-23)15-7-6-14(12-20)21-13-15/h1-2,4-7,13H,3,8-11H2. The van der Waals surface area contributed by atoms with Crippen molar-refractivity contribution in [2.24, 2.45) is 0 Å². The van der Waals surface area contributed by atoms with Gasteiger partial charge in [-0.15, -0.1) is 0 Å². The molecule has 2 heterocycles. The molecular weight excluding hydrogens is 307 g/mol. The fourth-order valence-electron chi connectivity index (χ4n) is 2.82. The highest BCUT2D eigenvalue weighted by Crippen LogP contribution is 2.17. The SMILES string of the molecule is N#Cc1ccc(N2CCCN(C(=O)c3ccccc3F)CC2)cn1. The van der Waals surface area contributed by atoms with E-state index in [0.717, 1.165) is 18.7 Å². The molecule has 1 saturated heterocycles. The maximum Gasteiger partial charge on any atom is 0.256 e. The molecule has 1 aromatic heterocycles. The van der Waals surface area contributed by atoms with Crippen LogP contribution in [0.15, 0.2) is 42.6 Å². The van der Waals surface area contributed by atoms with Crippen molar-refractivity contribution in [3.05, 3.63) is 59.7 Å². The van der Waals surface area contributed by atoms with E-state index in [1.54, 1.807) is 29.3 Å². The summed E-state index contributed by atoms with van der Waals surface area (Å²) in [6.07, 6.45) is 2.47. The van der Waals surface area contributed by atoms with E-state index >= 15 is 0 Å². The maximum absolute atomic E-state index is 13.8. The topological polar surface area (TPSA) is 60.2 Å². The smallest absolute Gasteiger partial charge is 0.256 e. The van der Waals surface area contributed by atoms with Crippen molar-refractivity contribution in [3.8, 4) is 6.07 Å². The summed E-state index contributed by atoms with van der Waals surface area (Å²) in [5.74, 6) is -0.757. The van der Waals surface area contributed by atoms with Gasteiger partial charge in [-0.3, -0.25) is 4.79 Å². The number of amides is 1. The molecule has 0 N–H and O–H groups in total. The van der Waals surface area contributed by atoms with Crippen LogP contribution in [-0.2, 0) is 0 Å². The van der Waals surface area contributed by atoms with Gasteiger partial charge < -0.3 is 9.80 Å². The van der Waals surface area contributed by atoms with Crippen molar-refractivity contribution < 1.29 is 9.18 Å². The number of nitriles is 1. The van der Waals surface area contributed by atoms with Gasteiger partial charge in [-0.25, -0.2) is 9.37 Å². The number of halogens is 1. The Balaban J connectivity index is 1.70. The quantitative estimate of drug-likeness (QED) is 0.851. The number of anilines is 1. The van der Waals surface area contributed by atoms with Crippen LogP contribution in [-0.4, -0.2) is 42.0 Å². The molecule has 2 aromatic rings. The highest BCUT2D eigenvalue weighted by Gasteiger charge is 2.22. The predicted octanol–water partition coefficient (Wildman–Crippen LogP) is 2.44. The Morgan fingerprint density at radius 3 is 2.67 bits per heavy atom. The van der Waals surface area contributed by atoms with E-state index in [-0.39, 0.29) is 11.5 Å². The monoisotopic (exact) mass is 324 g/mol. The lowest BCUT2D eigenvalue weighted by molar-refractivity contribution is 0.0762. The Bertz CT molecular complexity index is 769. The first-order chi connectivity index (χ1) is 11.7. The minimum atomic E-state index is -0.486. The Morgan fingerprint density at radius 1 is 1.12 bits per heavy atom. The molecule has 0 atom stereocenters. The van der Waals surface area contributed by atoms with Gasteiger partial charge in [-0.1, -0.05) is 12.1 Å². The molecule has 1 aliphatic rings. The highest BCUT2D eigenvalue weighted by molar-refractivity contribution is 5.94. The molecule has 5 nitrogen and oxygen atoms in total. The van der Waals surface area contributed by atoms with Crippen LogP contribution >= 0.6 is 0 Å². The lowest BCUT2D eigenvalue weighted by Gasteiger charge is -2.23. The third kappa shape index (κ3) is 3.35. The van der Waals surface area contributed by atoms with E-state index in [2.05, 4.69) is 9.88 Å². The molecular formula is C18H17FN4O. The zero-order chi connectivity index (χ0) is 16.9. The molecule has 0 bridgehead atoms. The first-order valence-electron chi connectivity index (χ1n) is 7.84. The average molecular weight is 324 g/mol. The van der Waals surface area contributed by atoms with E-state index in [1.165, 1.54) is 12.1 Å². The molecule has 1 aromatic carbocycles. The maximum atomic E-state index is 13.8. The summed E-state index contributed by atoms with van der Waals surface area (Å²) in [7, 11) is 0. The van der Waals surface area contributed by atoms with E-state index < -0.39 is 5.82 Å². The van der Waals surface area contributed by atoms with Crippen LogP contribution in [0.4, 0.5) is 10.1 Å². The zero-order valence-corrected chi connectivity index (χ0v) is 13.2. The van der Waals surface area contributed by atoms with Crippen LogP contribution in [0, 0.1) is 17.1 Å². The Morgan fingerprint density at radius 2 is 1.96 bits per heavy atom. The number of nitrogens with zero attached hydrogens (tertiary/aromatic N) is 4. The van der Waals surface area contributed by atoms with Crippen molar-refractivity contribution in [1.82, 2.24) is 9.88 Å². The zero-order valence-electron chi connectivity index (χ0n) is 13.2. The predicted molar refractivity (Wildman–Crippen MR) is 88.1 cm³/mol. The van der Waals surface area contributed by atoms with Gasteiger partial charge in [-0.05, 0) is 30.7 Å². The number of carbonyl (C=O) groups excluding carboxylic acids is 1. The lowest BCUT2D eigenvalue weighted by atomic mass is 10.2. The highest BCUT2D eigenvalue weighted by atomic mass is 19.1. The number of benzene rings is 1. The van der Waals surface area contributed by atoms with Gasteiger partial charge in [0.2, 0.25) is 0 Å². The molecule has 0 unspecified atom stereocenters. The summed E-state index contributed by atoms with van der Waals surface area (Å²) in [4.78, 5) is 20.4. The second-order valence-electron chi connectivity index (χ2n) is 5.63. The molecule has 1 fully saturated rings. The fourth-order valence-corrected chi connectivity index (χ4v) is 2.82. The Labute approximate surface area is 139 Å². The van der Waals surface area contributed by atoms with Gasteiger partial charge in [0.15, 0.2) is 0 Å². The average Bonchev–Trinajstić information content (AvgIpc) is 2.88. The summed E-state index contributed by atoms with van der Waals surface area (Å²) in [5, 5.41) is 8.81. The molecule has 3 rings (SSSR count). The van der Waals surface area contributed by atoms with Gasteiger partial charge in [0.25, 0.3) is 5.91 Å². The van der Waals surface area contributed by atoms with Crippen molar-refractivity contribution in [2.75, 3.05) is 31.1 Å². The minimum absolute atomic E-state index is 0.117. The Kier molecular flexibility index (Phi) is 4.71. The molecule has 6 heteroatoms. The first kappa shape index (κ1) is 15.9. The summed E-state index contributed by atoms with van der Waals surface area (Å²) in [6, 6.07) is 11.6. The second-order valence-corrected chi connectivity index (χ2v) is 5.63. The molecule has 122 valence electrons. The molecule has 0 radical (unpaired) electrons. The van der Waals surface area contributed by atoms with Crippen LogP contribution in [0.2, 0.25) is 0 Å². The third-order valence-corrected chi connectivity index (χ3v) is 4.11. The summed E-state index contributed by atoms with van der Waals surface area (Å²) < 4.78 is 13.8. The Hall–Kier alpha value is -2.94.